The first-order valence-corrected chi connectivity index (χ1v) is 12.2. The molecule has 1 aromatic heterocycles. The second-order valence-electron chi connectivity index (χ2n) is 9.46. The van der Waals surface area contributed by atoms with Gasteiger partial charge >= 0.3 is 0 Å². The maximum absolute atomic E-state index is 11.9. The van der Waals surface area contributed by atoms with Crippen LogP contribution in [-0.2, 0) is 6.54 Å². The summed E-state index contributed by atoms with van der Waals surface area (Å²) >= 11 is 13.2. The van der Waals surface area contributed by atoms with E-state index in [2.05, 4.69) is 17.6 Å². The van der Waals surface area contributed by atoms with Crippen molar-refractivity contribution in [2.24, 2.45) is 11.8 Å². The number of aliphatic hydroxyl groups excluding tert-OH is 1. The molecule has 3 aromatic rings. The highest BCUT2D eigenvalue weighted by molar-refractivity contribution is 6.35. The monoisotopic (exact) mass is 483 g/mol. The maximum atomic E-state index is 11.9. The largest absolute Gasteiger partial charge is 0.497 e. The predicted octanol–water partition coefficient (Wildman–Crippen LogP) is 6.20. The summed E-state index contributed by atoms with van der Waals surface area (Å²) in [6.45, 7) is 6.74. The number of benzene rings is 2. The lowest BCUT2D eigenvalue weighted by Crippen LogP contribution is -2.67. The molecule has 2 aromatic carbocycles. The van der Waals surface area contributed by atoms with Crippen molar-refractivity contribution in [1.29, 1.82) is 0 Å². The summed E-state index contributed by atoms with van der Waals surface area (Å²) in [6.07, 6.45) is 5.30. The second-order valence-corrected chi connectivity index (χ2v) is 10.3. The van der Waals surface area contributed by atoms with Crippen LogP contribution >= 0.6 is 23.2 Å². The Bertz CT molecular complexity index is 1180. The molecule has 3 aliphatic heterocycles. The van der Waals surface area contributed by atoms with Crippen LogP contribution in [-0.4, -0.2) is 40.8 Å². The molecule has 1 N–H and O–H groups in total. The van der Waals surface area contributed by atoms with Crippen LogP contribution in [0.4, 0.5) is 0 Å². The molecule has 3 fully saturated rings. The van der Waals surface area contributed by atoms with Crippen LogP contribution in [0.2, 0.25) is 10.0 Å². The van der Waals surface area contributed by atoms with Crippen molar-refractivity contribution in [2.75, 3.05) is 20.2 Å². The van der Waals surface area contributed by atoms with Gasteiger partial charge in [-0.15, -0.1) is 6.58 Å². The van der Waals surface area contributed by atoms with Gasteiger partial charge in [0.2, 0.25) is 0 Å². The number of hydrogen-bond donors (Lipinski definition) is 1. The topological polar surface area (TPSA) is 42.4 Å². The molecular formula is C27H29Cl2N2O2+. The molecule has 2 bridgehead atoms. The van der Waals surface area contributed by atoms with E-state index >= 15 is 0 Å². The van der Waals surface area contributed by atoms with E-state index in [1.54, 1.807) is 13.3 Å². The van der Waals surface area contributed by atoms with E-state index in [4.69, 9.17) is 27.9 Å². The van der Waals surface area contributed by atoms with Gasteiger partial charge in [0.15, 0.2) is 0 Å². The highest BCUT2D eigenvalue weighted by Gasteiger charge is 2.54. The molecule has 4 heterocycles. The number of quaternary nitrogens is 1. The lowest BCUT2D eigenvalue weighted by atomic mass is 9.71. The molecule has 4 nitrogen and oxygen atoms in total. The lowest BCUT2D eigenvalue weighted by molar-refractivity contribution is -0.984. The molecule has 33 heavy (non-hydrogen) atoms. The second kappa shape index (κ2) is 8.92. The fourth-order valence-electron chi connectivity index (χ4n) is 6.12. The van der Waals surface area contributed by atoms with Gasteiger partial charge in [0.05, 0.1) is 35.8 Å². The van der Waals surface area contributed by atoms with Gasteiger partial charge in [-0.25, -0.2) is 0 Å². The van der Waals surface area contributed by atoms with Crippen molar-refractivity contribution >= 4 is 34.1 Å². The number of piperidine rings is 3. The third kappa shape index (κ3) is 3.93. The van der Waals surface area contributed by atoms with Gasteiger partial charge in [0.1, 0.15) is 24.4 Å². The Kier molecular flexibility index (Phi) is 6.13. The number of aliphatic hydroxyl groups is 1. The first-order chi connectivity index (χ1) is 16.0. The Morgan fingerprint density at radius 1 is 1.24 bits per heavy atom. The van der Waals surface area contributed by atoms with E-state index in [0.29, 0.717) is 28.4 Å². The number of ether oxygens (including phenoxy) is 1. The van der Waals surface area contributed by atoms with Crippen LogP contribution in [0.25, 0.3) is 10.9 Å². The number of hydrogen-bond acceptors (Lipinski definition) is 3. The zero-order valence-electron chi connectivity index (χ0n) is 18.8. The van der Waals surface area contributed by atoms with Crippen molar-refractivity contribution in [3.63, 3.8) is 0 Å². The van der Waals surface area contributed by atoms with Gasteiger partial charge in [-0.1, -0.05) is 35.3 Å². The summed E-state index contributed by atoms with van der Waals surface area (Å²) < 4.78 is 6.21. The minimum atomic E-state index is -0.641. The summed E-state index contributed by atoms with van der Waals surface area (Å²) in [4.78, 5) is 4.51. The summed E-state index contributed by atoms with van der Waals surface area (Å²) in [5, 5.41) is 14.2. The molecule has 5 atom stereocenters. The molecule has 0 saturated carbocycles. The van der Waals surface area contributed by atoms with E-state index < -0.39 is 6.10 Å². The van der Waals surface area contributed by atoms with Gasteiger partial charge in [-0.3, -0.25) is 4.98 Å². The van der Waals surface area contributed by atoms with Gasteiger partial charge in [-0.05, 0) is 47.9 Å². The first kappa shape index (κ1) is 22.7. The summed E-state index contributed by atoms with van der Waals surface area (Å²) in [7, 11) is 1.66. The molecule has 0 amide bonds. The molecular weight excluding hydrogens is 455 g/mol. The first-order valence-electron chi connectivity index (χ1n) is 11.5. The fourth-order valence-corrected chi connectivity index (χ4v) is 6.64. The molecule has 3 aliphatic rings. The van der Waals surface area contributed by atoms with E-state index in [9.17, 15) is 5.11 Å². The van der Waals surface area contributed by atoms with Crippen LogP contribution in [0.3, 0.4) is 0 Å². The zero-order chi connectivity index (χ0) is 23.2. The Morgan fingerprint density at radius 3 is 2.76 bits per heavy atom. The number of nitrogens with zero attached hydrogens (tertiary/aromatic N) is 2. The van der Waals surface area contributed by atoms with Crippen molar-refractivity contribution in [3.8, 4) is 5.75 Å². The lowest BCUT2D eigenvalue weighted by Gasteiger charge is -2.58. The predicted molar refractivity (Wildman–Crippen MR) is 134 cm³/mol. The number of fused-ring (bicyclic) bond motifs is 4. The number of rotatable bonds is 6. The fraction of sp³-hybridized carbons (Fsp3) is 0.370. The quantitative estimate of drug-likeness (QED) is 0.335. The third-order valence-corrected chi connectivity index (χ3v) is 8.58. The van der Waals surface area contributed by atoms with Crippen LogP contribution in [0.1, 0.15) is 30.1 Å². The minimum absolute atomic E-state index is 0.0316. The Balaban J connectivity index is 1.59. The Morgan fingerprint density at radius 2 is 2.03 bits per heavy atom. The molecule has 0 spiro atoms. The average molecular weight is 484 g/mol. The van der Waals surface area contributed by atoms with Crippen LogP contribution in [0, 0.1) is 11.8 Å². The SMILES string of the molecule is C=CC1C[N+]2(Cc3c(Cl)cccc3Cl)CC[C@H]1CC2[C@@H](O)c1ccnc2ccc(OC)cc12. The Labute approximate surface area is 205 Å². The number of pyridine rings is 1. The van der Waals surface area contributed by atoms with Gasteiger partial charge in [0, 0.05) is 35.9 Å². The number of halogens is 2. The molecule has 0 aliphatic carbocycles. The summed E-state index contributed by atoms with van der Waals surface area (Å²) in [5.74, 6) is 1.72. The van der Waals surface area contributed by atoms with Gasteiger partial charge in [0.25, 0.3) is 0 Å². The number of aromatic nitrogens is 1. The highest BCUT2D eigenvalue weighted by Crippen LogP contribution is 2.49. The van der Waals surface area contributed by atoms with Gasteiger partial charge < -0.3 is 14.3 Å². The van der Waals surface area contributed by atoms with Crippen molar-refractivity contribution < 1.29 is 14.3 Å². The molecule has 6 rings (SSSR count). The molecule has 6 heteroatoms. The van der Waals surface area contributed by atoms with Crippen LogP contribution in [0.5, 0.6) is 5.75 Å². The standard InChI is InChI=1S/C27H29Cl2N2O2/c1-3-17-15-31(16-22-23(28)5-4-6-24(22)29)12-10-18(17)13-26(31)27(32)20-9-11-30-25-8-7-19(33-2)14-21(20)25/h3-9,11,14,17-18,26-27,32H,1,10,12-13,15-16H2,2H3/q+1/t17?,18-,26?,27-,31?/m0/s1. The average Bonchev–Trinajstić information content (AvgIpc) is 2.85. The van der Waals surface area contributed by atoms with Gasteiger partial charge in [-0.2, -0.15) is 0 Å². The zero-order valence-corrected chi connectivity index (χ0v) is 20.3. The van der Waals surface area contributed by atoms with Crippen molar-refractivity contribution in [1.82, 2.24) is 4.98 Å². The minimum Gasteiger partial charge on any atom is -0.497 e. The van der Waals surface area contributed by atoms with Crippen LogP contribution < -0.4 is 4.74 Å². The maximum Gasteiger partial charge on any atom is 0.131 e. The normalized spacial score (nSPS) is 27.5. The summed E-state index contributed by atoms with van der Waals surface area (Å²) in [5.41, 5.74) is 2.71. The Hall–Kier alpha value is -2.11. The molecule has 0 radical (unpaired) electrons. The van der Waals surface area contributed by atoms with E-state index in [1.165, 1.54) is 0 Å². The molecule has 172 valence electrons. The van der Waals surface area contributed by atoms with Crippen LogP contribution in [0.15, 0.2) is 61.3 Å². The van der Waals surface area contributed by atoms with E-state index in [1.807, 2.05) is 42.5 Å². The summed E-state index contributed by atoms with van der Waals surface area (Å²) in [6, 6.07) is 13.5. The van der Waals surface area contributed by atoms with Crippen molar-refractivity contribution in [3.05, 3.63) is 82.5 Å². The smallest absolute Gasteiger partial charge is 0.131 e. The number of methoxy groups -OCH3 is 1. The molecule has 3 unspecified atom stereocenters. The highest BCUT2D eigenvalue weighted by atomic mass is 35.5. The van der Waals surface area contributed by atoms with Crippen molar-refractivity contribution in [2.45, 2.75) is 31.5 Å². The third-order valence-electron chi connectivity index (χ3n) is 7.88. The van der Waals surface area contributed by atoms with E-state index in [0.717, 1.165) is 58.2 Å². The molecule has 3 saturated heterocycles. The van der Waals surface area contributed by atoms with E-state index in [-0.39, 0.29) is 6.04 Å².